The minimum Gasteiger partial charge on any atom is -0.375 e. The molecule has 0 saturated heterocycles. The second-order valence-corrected chi connectivity index (χ2v) is 7.53. The van der Waals surface area contributed by atoms with Gasteiger partial charge in [-0.15, -0.1) is 11.3 Å². The van der Waals surface area contributed by atoms with Crippen LogP contribution in [0.25, 0.3) is 11.4 Å². The lowest BCUT2D eigenvalue weighted by Gasteiger charge is -2.37. The molecule has 1 aliphatic rings. The molecule has 0 fully saturated rings. The Kier molecular flexibility index (Phi) is 4.20. The Morgan fingerprint density at radius 3 is 2.65 bits per heavy atom. The van der Waals surface area contributed by atoms with Crippen LogP contribution in [0.2, 0.25) is 0 Å². The molecule has 134 valence electrons. The highest BCUT2D eigenvalue weighted by molar-refractivity contribution is 7.13. The number of carbonyl (C=O) groups excluding carboxylic acids is 1. The first-order valence-corrected chi connectivity index (χ1v) is 9.44. The summed E-state index contributed by atoms with van der Waals surface area (Å²) in [4.78, 5) is 23.7. The van der Waals surface area contributed by atoms with Gasteiger partial charge in [0.1, 0.15) is 5.69 Å². The van der Waals surface area contributed by atoms with E-state index in [0.29, 0.717) is 29.7 Å². The van der Waals surface area contributed by atoms with Gasteiger partial charge in [0.15, 0.2) is 16.8 Å². The molecule has 3 heterocycles. The fraction of sp³-hybridized carbons (Fsp3) is 0.333. The molecule has 4 rings (SSSR count). The summed E-state index contributed by atoms with van der Waals surface area (Å²) in [6, 6.07) is 9.75. The molecule has 2 N–H and O–H groups in total. The van der Waals surface area contributed by atoms with Gasteiger partial charge in [-0.1, -0.05) is 44.2 Å². The molecule has 8 heteroatoms. The van der Waals surface area contributed by atoms with Crippen LogP contribution in [0.15, 0.2) is 35.7 Å². The van der Waals surface area contributed by atoms with Gasteiger partial charge in [-0.25, -0.2) is 14.6 Å². The van der Waals surface area contributed by atoms with Gasteiger partial charge in [-0.05, 0) is 5.92 Å². The van der Waals surface area contributed by atoms with E-state index in [0.717, 1.165) is 11.4 Å². The van der Waals surface area contributed by atoms with E-state index in [-0.39, 0.29) is 17.9 Å². The number of nitrogens with zero attached hydrogens (tertiary/aromatic N) is 5. The molecule has 0 saturated carbocycles. The van der Waals surface area contributed by atoms with Gasteiger partial charge in [0.25, 0.3) is 5.91 Å². The van der Waals surface area contributed by atoms with Crippen LogP contribution < -0.4 is 5.73 Å². The SMILES string of the molecule is CC(C)[C@H]1c2nc(-c3ccccc3)nn2CCN1C(=O)c1csc(N)n1. The maximum Gasteiger partial charge on any atom is 0.274 e. The van der Waals surface area contributed by atoms with E-state index in [4.69, 9.17) is 10.7 Å². The predicted octanol–water partition coefficient (Wildman–Crippen LogP) is 2.84. The Balaban J connectivity index is 1.71. The van der Waals surface area contributed by atoms with Crippen LogP contribution in [-0.2, 0) is 6.54 Å². The van der Waals surface area contributed by atoms with Gasteiger partial charge in [0, 0.05) is 17.5 Å². The van der Waals surface area contributed by atoms with E-state index in [9.17, 15) is 4.79 Å². The molecule has 1 atom stereocenters. The van der Waals surface area contributed by atoms with Crippen molar-refractivity contribution >= 4 is 22.4 Å². The van der Waals surface area contributed by atoms with Crippen LogP contribution in [0, 0.1) is 5.92 Å². The molecule has 1 aromatic carbocycles. The summed E-state index contributed by atoms with van der Waals surface area (Å²) in [6.07, 6.45) is 0. The smallest absolute Gasteiger partial charge is 0.274 e. The van der Waals surface area contributed by atoms with Gasteiger partial charge in [-0.3, -0.25) is 4.79 Å². The number of fused-ring (bicyclic) bond motifs is 1. The maximum atomic E-state index is 13.0. The first-order valence-electron chi connectivity index (χ1n) is 8.56. The minimum atomic E-state index is -0.149. The lowest BCUT2D eigenvalue weighted by molar-refractivity contribution is 0.0532. The highest BCUT2D eigenvalue weighted by Gasteiger charge is 2.37. The molecule has 0 bridgehead atoms. The fourth-order valence-electron chi connectivity index (χ4n) is 3.35. The second-order valence-electron chi connectivity index (χ2n) is 6.64. The average Bonchev–Trinajstić information content (AvgIpc) is 3.27. The summed E-state index contributed by atoms with van der Waals surface area (Å²) in [7, 11) is 0. The van der Waals surface area contributed by atoms with Crippen LogP contribution in [0.4, 0.5) is 5.13 Å². The molecular formula is C18H20N6OS. The number of amides is 1. The third-order valence-electron chi connectivity index (χ3n) is 4.52. The zero-order valence-electron chi connectivity index (χ0n) is 14.7. The summed E-state index contributed by atoms with van der Waals surface area (Å²) in [5.41, 5.74) is 7.07. The number of carbonyl (C=O) groups is 1. The zero-order chi connectivity index (χ0) is 18.3. The van der Waals surface area contributed by atoms with Crippen molar-refractivity contribution in [2.45, 2.75) is 26.4 Å². The predicted molar refractivity (Wildman–Crippen MR) is 101 cm³/mol. The van der Waals surface area contributed by atoms with Crippen molar-refractivity contribution in [3.63, 3.8) is 0 Å². The second kappa shape index (κ2) is 6.53. The Morgan fingerprint density at radius 2 is 2.00 bits per heavy atom. The Morgan fingerprint density at radius 1 is 1.23 bits per heavy atom. The van der Waals surface area contributed by atoms with E-state index in [1.165, 1.54) is 11.3 Å². The summed E-state index contributed by atoms with van der Waals surface area (Å²) >= 11 is 1.28. The standard InChI is InChI=1S/C18H20N6OS/c1-11(2)14-16-21-15(12-6-4-3-5-7-12)22-24(16)9-8-23(14)17(25)13-10-26-18(19)20-13/h3-7,10-11,14H,8-9H2,1-2H3,(H2,19,20)/t14-/m0/s1. The first-order chi connectivity index (χ1) is 12.5. The van der Waals surface area contributed by atoms with E-state index in [1.54, 1.807) is 5.38 Å². The number of hydrogen-bond donors (Lipinski definition) is 1. The molecule has 1 amide bonds. The molecular weight excluding hydrogens is 348 g/mol. The molecule has 26 heavy (non-hydrogen) atoms. The lowest BCUT2D eigenvalue weighted by atomic mass is 9.99. The summed E-state index contributed by atoms with van der Waals surface area (Å²) in [5, 5.41) is 6.77. The van der Waals surface area contributed by atoms with Crippen LogP contribution in [0.1, 0.15) is 36.2 Å². The molecule has 0 aliphatic carbocycles. The van der Waals surface area contributed by atoms with Gasteiger partial charge < -0.3 is 10.6 Å². The van der Waals surface area contributed by atoms with Crippen molar-refractivity contribution in [2.75, 3.05) is 12.3 Å². The first kappa shape index (κ1) is 16.7. The molecule has 1 aliphatic heterocycles. The van der Waals surface area contributed by atoms with Crippen molar-refractivity contribution < 1.29 is 4.79 Å². The molecule has 0 unspecified atom stereocenters. The fourth-order valence-corrected chi connectivity index (χ4v) is 3.88. The van der Waals surface area contributed by atoms with Gasteiger partial charge in [0.2, 0.25) is 0 Å². The zero-order valence-corrected chi connectivity index (χ0v) is 15.5. The lowest BCUT2D eigenvalue weighted by Crippen LogP contribution is -2.44. The van der Waals surface area contributed by atoms with Gasteiger partial charge in [0.05, 0.1) is 12.6 Å². The van der Waals surface area contributed by atoms with Crippen molar-refractivity contribution in [1.29, 1.82) is 0 Å². The molecule has 0 radical (unpaired) electrons. The number of nitrogen functional groups attached to an aromatic ring is 1. The summed E-state index contributed by atoms with van der Waals surface area (Å²) < 4.78 is 1.92. The third-order valence-corrected chi connectivity index (χ3v) is 5.19. The number of hydrogen-bond acceptors (Lipinski definition) is 6. The molecule has 3 aromatic rings. The number of benzene rings is 1. The number of thiazole rings is 1. The Labute approximate surface area is 155 Å². The van der Waals surface area contributed by atoms with Crippen LogP contribution in [0.5, 0.6) is 0 Å². The molecule has 2 aromatic heterocycles. The Hall–Kier alpha value is -2.74. The van der Waals surface area contributed by atoms with Crippen LogP contribution in [-0.4, -0.2) is 37.1 Å². The summed E-state index contributed by atoms with van der Waals surface area (Å²) in [6.45, 7) is 5.37. The van der Waals surface area contributed by atoms with Gasteiger partial charge >= 0.3 is 0 Å². The van der Waals surface area contributed by atoms with Crippen molar-refractivity contribution in [3.05, 3.63) is 47.2 Å². The highest BCUT2D eigenvalue weighted by atomic mass is 32.1. The number of aromatic nitrogens is 4. The van der Waals surface area contributed by atoms with Crippen molar-refractivity contribution in [3.8, 4) is 11.4 Å². The average molecular weight is 368 g/mol. The van der Waals surface area contributed by atoms with Crippen LogP contribution in [0.3, 0.4) is 0 Å². The van der Waals surface area contributed by atoms with Gasteiger partial charge in [-0.2, -0.15) is 5.10 Å². The van der Waals surface area contributed by atoms with Crippen molar-refractivity contribution in [1.82, 2.24) is 24.6 Å². The largest absolute Gasteiger partial charge is 0.375 e. The maximum absolute atomic E-state index is 13.0. The topological polar surface area (TPSA) is 89.9 Å². The summed E-state index contributed by atoms with van der Waals surface area (Å²) in [5.74, 6) is 1.61. The molecule has 7 nitrogen and oxygen atoms in total. The number of anilines is 1. The normalized spacial score (nSPS) is 16.7. The highest BCUT2D eigenvalue weighted by Crippen LogP contribution is 2.33. The van der Waals surface area contributed by atoms with E-state index in [1.807, 2.05) is 39.9 Å². The van der Waals surface area contributed by atoms with E-state index >= 15 is 0 Å². The van der Waals surface area contributed by atoms with E-state index < -0.39 is 0 Å². The Bertz CT molecular complexity index is 932. The molecule has 0 spiro atoms. The van der Waals surface area contributed by atoms with E-state index in [2.05, 4.69) is 23.9 Å². The number of nitrogens with two attached hydrogens (primary N) is 1. The van der Waals surface area contributed by atoms with Crippen molar-refractivity contribution in [2.24, 2.45) is 5.92 Å². The van der Waals surface area contributed by atoms with Crippen LogP contribution >= 0.6 is 11.3 Å². The monoisotopic (exact) mass is 368 g/mol. The minimum absolute atomic E-state index is 0.104. The quantitative estimate of drug-likeness (QED) is 0.768. The number of rotatable bonds is 3. The third kappa shape index (κ3) is 2.86.